The van der Waals surface area contributed by atoms with E-state index in [9.17, 15) is 36.0 Å². The number of carbonyl (C=O) groups is 3. The Labute approximate surface area is 449 Å². The maximum atomic E-state index is 12.9. The molecule has 0 spiro atoms. The van der Waals surface area contributed by atoms with Crippen molar-refractivity contribution in [3.05, 3.63) is 159 Å². The van der Waals surface area contributed by atoms with Crippen LogP contribution in [-0.2, 0) is 16.3 Å². The quantitative estimate of drug-likeness (QED) is 0.0530. The summed E-state index contributed by atoms with van der Waals surface area (Å²) in [6.45, 7) is 9.87. The van der Waals surface area contributed by atoms with E-state index >= 15 is 0 Å². The molecule has 1 aliphatic heterocycles. The number of aliphatic hydroxyl groups excluding tert-OH is 1. The Morgan fingerprint density at radius 1 is 0.789 bits per heavy atom. The van der Waals surface area contributed by atoms with Gasteiger partial charge in [-0.1, -0.05) is 64.4 Å². The minimum absolute atomic E-state index is 0.0659. The molecule has 19 nitrogen and oxygen atoms in total. The van der Waals surface area contributed by atoms with Gasteiger partial charge >= 0.3 is 12.2 Å². The molecule has 4 aromatic carbocycles. The second-order valence-electron chi connectivity index (χ2n) is 16.4. The average Bonchev–Trinajstić information content (AvgIpc) is 3.85. The van der Waals surface area contributed by atoms with Crippen molar-refractivity contribution in [3.63, 3.8) is 0 Å². The Bertz CT molecular complexity index is 3240. The van der Waals surface area contributed by atoms with E-state index < -0.39 is 32.9 Å². The highest BCUT2D eigenvalue weighted by Crippen LogP contribution is 2.36. The van der Waals surface area contributed by atoms with Crippen LogP contribution in [-0.4, -0.2) is 107 Å². The van der Waals surface area contributed by atoms with Crippen LogP contribution in [0.5, 0.6) is 11.5 Å². The van der Waals surface area contributed by atoms with Crippen LogP contribution < -0.4 is 36.2 Å². The number of aryl methyl sites for hydroxylation is 3. The number of aromatic nitrogens is 4. The molecule has 1 aliphatic rings. The second kappa shape index (κ2) is 26.4. The topological polar surface area (TPSA) is 253 Å². The lowest BCUT2D eigenvalue weighted by molar-refractivity contribution is -0.137. The number of β-amino-alcohol motifs (C(OH)–C–C–N with tert-alkyl or cyclic N) is 1. The van der Waals surface area contributed by atoms with E-state index in [1.165, 1.54) is 55.0 Å². The lowest BCUT2D eigenvalue weighted by Gasteiger charge is -2.35. The van der Waals surface area contributed by atoms with Gasteiger partial charge in [-0.3, -0.25) is 24.0 Å². The number of nitrogens with zero attached hydrogens (tertiary/aromatic N) is 6. The highest BCUT2D eigenvalue weighted by molar-refractivity contribution is 7.85. The van der Waals surface area contributed by atoms with Gasteiger partial charge in [-0.25, -0.2) is 19.7 Å². The Morgan fingerprint density at radius 3 is 2.12 bits per heavy atom. The molecule has 0 radical (unpaired) electrons. The number of nitrogens with one attached hydrogen (secondary N) is 5. The molecular formula is C50H50Cl2F3N11O8S2. The molecule has 26 heteroatoms. The highest BCUT2D eigenvalue weighted by atomic mass is 35.5. The van der Waals surface area contributed by atoms with E-state index in [1.54, 1.807) is 48.5 Å². The monoisotopic (exact) mass is 1120 g/mol. The summed E-state index contributed by atoms with van der Waals surface area (Å²) in [5, 5.41) is 23.1. The summed E-state index contributed by atoms with van der Waals surface area (Å²) in [6.07, 6.45) is -1.68. The van der Waals surface area contributed by atoms with Crippen molar-refractivity contribution in [1.82, 2.24) is 30.2 Å². The molecule has 4 heterocycles. The third kappa shape index (κ3) is 17.0. The summed E-state index contributed by atoms with van der Waals surface area (Å²) in [4.78, 5) is 58.6. The number of amides is 4. The zero-order chi connectivity index (χ0) is 55.2. The number of rotatable bonds is 13. The van der Waals surface area contributed by atoms with Crippen molar-refractivity contribution in [1.29, 1.82) is 0 Å². The molecule has 0 atom stereocenters. The van der Waals surface area contributed by atoms with Crippen molar-refractivity contribution in [2.45, 2.75) is 31.8 Å². The fourth-order valence-corrected chi connectivity index (χ4v) is 8.62. The molecule has 1 saturated heterocycles. The predicted octanol–water partition coefficient (Wildman–Crippen LogP) is 10.1. The van der Waals surface area contributed by atoms with Crippen molar-refractivity contribution >= 4 is 96.3 Å². The average molecular weight is 1130 g/mol. The van der Waals surface area contributed by atoms with Gasteiger partial charge in [0.05, 0.1) is 39.0 Å². The molecule has 8 rings (SSSR count). The molecule has 400 valence electrons. The highest BCUT2D eigenvalue weighted by Gasteiger charge is 2.33. The zero-order valence-corrected chi connectivity index (χ0v) is 44.1. The Kier molecular flexibility index (Phi) is 20.0. The number of hydrogen-bond acceptors (Lipinski definition) is 15. The molecule has 0 aliphatic carbocycles. The van der Waals surface area contributed by atoms with Crippen LogP contribution in [0.3, 0.4) is 0 Å². The van der Waals surface area contributed by atoms with Gasteiger partial charge in [-0.2, -0.15) is 21.6 Å². The van der Waals surface area contributed by atoms with Crippen LogP contribution in [0.1, 0.15) is 42.7 Å². The van der Waals surface area contributed by atoms with Crippen LogP contribution in [0.4, 0.5) is 51.8 Å². The summed E-state index contributed by atoms with van der Waals surface area (Å²) in [6, 6.07) is 25.0. The third-order valence-corrected chi connectivity index (χ3v) is 13.2. The van der Waals surface area contributed by atoms with Crippen LogP contribution in [0.15, 0.2) is 120 Å². The number of aliphatic hydroxyl groups is 1. The van der Waals surface area contributed by atoms with Gasteiger partial charge < -0.3 is 41.3 Å². The lowest BCUT2D eigenvalue weighted by Crippen LogP contribution is -2.47. The number of benzene rings is 4. The number of anilines is 6. The molecule has 1 fully saturated rings. The maximum Gasteiger partial charge on any atom is 0.417 e. The SMILES string of the molecule is CNC(=O)c1cc(Oc2ccc(NC(=O)Nc3ccc(Cl)c(C(F)(F)F)c3)cc2)ccn1.Cc1ccc(S(=O)(=O)O)cc1.Cc1nc(Nc2ncc(C(=O)Nc3c(C)cccc3Cl)s2)cc(N2CCN(CCO)CC2)n1. The first kappa shape index (κ1) is 57.8. The molecule has 76 heavy (non-hydrogen) atoms. The molecule has 0 saturated carbocycles. The molecular weight excluding hydrogens is 1070 g/mol. The fourth-order valence-electron chi connectivity index (χ4n) is 6.93. The number of alkyl halides is 3. The van der Waals surface area contributed by atoms with E-state index in [0.29, 0.717) is 56.1 Å². The van der Waals surface area contributed by atoms with Crippen LogP contribution in [0.25, 0.3) is 0 Å². The second-order valence-corrected chi connectivity index (χ2v) is 19.7. The lowest BCUT2D eigenvalue weighted by atomic mass is 10.2. The van der Waals surface area contributed by atoms with Gasteiger partial charge in [-0.15, -0.1) is 0 Å². The number of piperazine rings is 1. The van der Waals surface area contributed by atoms with Gasteiger partial charge in [0.15, 0.2) is 5.13 Å². The maximum absolute atomic E-state index is 12.9. The van der Waals surface area contributed by atoms with Gasteiger partial charge in [0.1, 0.15) is 39.5 Å². The fraction of sp³-hybridized carbons (Fsp3) is 0.220. The summed E-state index contributed by atoms with van der Waals surface area (Å²) in [5.41, 5.74) is 1.90. The summed E-state index contributed by atoms with van der Waals surface area (Å²) in [7, 11) is -2.53. The van der Waals surface area contributed by atoms with E-state index in [0.717, 1.165) is 55.3 Å². The largest absolute Gasteiger partial charge is 0.457 e. The number of ether oxygens (including phenoxy) is 1. The van der Waals surface area contributed by atoms with Crippen molar-refractivity contribution in [2.75, 3.05) is 72.5 Å². The van der Waals surface area contributed by atoms with Crippen LogP contribution in [0.2, 0.25) is 10.0 Å². The number of halogens is 5. The minimum Gasteiger partial charge on any atom is -0.457 e. The summed E-state index contributed by atoms with van der Waals surface area (Å²) < 4.78 is 74.0. The number of hydrogen-bond donors (Lipinski definition) is 7. The van der Waals surface area contributed by atoms with Crippen molar-refractivity contribution < 1.29 is 50.4 Å². The smallest absolute Gasteiger partial charge is 0.417 e. The van der Waals surface area contributed by atoms with E-state index in [2.05, 4.69) is 56.3 Å². The number of carbonyl (C=O) groups excluding carboxylic acids is 3. The summed E-state index contributed by atoms with van der Waals surface area (Å²) >= 11 is 13.0. The standard InChI is InChI=1S/C22H26ClN7O2S.C21H16ClF3N4O3.C7H8O3S/c1-14-4-3-5-16(23)20(14)28-21(32)17-13-24-22(33-17)27-18-12-19(26-15(2)25-18)30-8-6-29(7-9-30)10-11-31;1-26-19(30)18-11-15(8-9-27-18)32-14-5-2-12(3-6-14)28-20(31)29-13-4-7-17(22)16(10-13)21(23,24)25;1-6-2-4-7(5-3-6)11(8,9)10/h3-5,12-13,31H,6-11H2,1-2H3,(H,28,32)(H,24,25,26,27);2-11H,1H3,(H,26,30)(H2,28,29,31);2-5H,1H3,(H,8,9,10). The number of para-hydroxylation sites is 1. The van der Waals surface area contributed by atoms with Gasteiger partial charge in [0, 0.05) is 69.5 Å². The molecule has 7 aromatic rings. The van der Waals surface area contributed by atoms with E-state index in [1.807, 2.05) is 39.0 Å². The first-order valence-corrected chi connectivity index (χ1v) is 25.8. The van der Waals surface area contributed by atoms with Gasteiger partial charge in [0.25, 0.3) is 21.9 Å². The Morgan fingerprint density at radius 2 is 1.47 bits per heavy atom. The molecule has 0 unspecified atom stereocenters. The van der Waals surface area contributed by atoms with Crippen LogP contribution in [0, 0.1) is 20.8 Å². The van der Waals surface area contributed by atoms with Gasteiger partial charge in [0.2, 0.25) is 0 Å². The molecule has 3 aromatic heterocycles. The zero-order valence-electron chi connectivity index (χ0n) is 40.9. The first-order valence-electron chi connectivity index (χ1n) is 22.8. The predicted molar refractivity (Wildman–Crippen MR) is 286 cm³/mol. The normalized spacial score (nSPS) is 12.5. The molecule has 4 amide bonds. The van der Waals surface area contributed by atoms with Crippen molar-refractivity contribution in [2.24, 2.45) is 0 Å². The van der Waals surface area contributed by atoms with Gasteiger partial charge in [-0.05, 0) is 93.1 Å². The summed E-state index contributed by atoms with van der Waals surface area (Å²) in [5.74, 6) is 2.31. The number of pyridine rings is 1. The first-order chi connectivity index (χ1) is 36.1. The molecule has 0 bridgehead atoms. The van der Waals surface area contributed by atoms with E-state index in [-0.39, 0.29) is 34.7 Å². The third-order valence-electron chi connectivity index (χ3n) is 10.7. The molecule has 7 N–H and O–H groups in total. The van der Waals surface area contributed by atoms with Crippen LogP contribution >= 0.6 is 34.5 Å². The Balaban J connectivity index is 0.000000206. The van der Waals surface area contributed by atoms with E-state index in [4.69, 9.17) is 37.6 Å². The minimum atomic E-state index is -4.64. The number of urea groups is 1. The van der Waals surface area contributed by atoms with Crippen molar-refractivity contribution in [3.8, 4) is 11.5 Å². The number of thiazole rings is 1. The Hall–Kier alpha value is -7.45.